The second-order valence-corrected chi connectivity index (χ2v) is 7.28. The van der Waals surface area contributed by atoms with E-state index in [1.165, 1.54) is 12.4 Å². The van der Waals surface area contributed by atoms with Gasteiger partial charge in [0.2, 0.25) is 0 Å². The summed E-state index contributed by atoms with van der Waals surface area (Å²) in [4.78, 5) is 4.64. The van der Waals surface area contributed by atoms with Gasteiger partial charge in [-0.15, -0.1) is 0 Å². The molecule has 3 N–H and O–H groups in total. The fourth-order valence-corrected chi connectivity index (χ4v) is 3.33. The van der Waals surface area contributed by atoms with Crippen LogP contribution in [0.3, 0.4) is 0 Å². The normalized spacial score (nSPS) is 12.3. The SMILES string of the molecule is C=C(CCCC)Nc1cccc(/C(=C/Sc2cccc(C(F)(F)F)c2)N=CN)c1. The van der Waals surface area contributed by atoms with Crippen LogP contribution in [-0.4, -0.2) is 6.34 Å². The summed E-state index contributed by atoms with van der Waals surface area (Å²) in [5, 5.41) is 4.96. The number of aliphatic imine (C=N–C) groups is 1. The Balaban J connectivity index is 2.21. The summed E-state index contributed by atoms with van der Waals surface area (Å²) in [7, 11) is 0. The summed E-state index contributed by atoms with van der Waals surface area (Å²) >= 11 is 1.16. The van der Waals surface area contributed by atoms with Crippen LogP contribution in [0.15, 0.2) is 76.1 Å². The topological polar surface area (TPSA) is 50.4 Å². The molecular formula is C22H24F3N3S. The van der Waals surface area contributed by atoms with E-state index in [1.807, 2.05) is 24.3 Å². The number of hydrogen-bond donors (Lipinski definition) is 2. The third-order valence-electron chi connectivity index (χ3n) is 3.99. The fourth-order valence-electron chi connectivity index (χ4n) is 2.54. The maximum Gasteiger partial charge on any atom is 0.416 e. The number of nitrogens with two attached hydrogens (primary N) is 1. The van der Waals surface area contributed by atoms with E-state index < -0.39 is 11.7 Å². The minimum atomic E-state index is -4.38. The number of nitrogens with one attached hydrogen (secondary N) is 1. The van der Waals surface area contributed by atoms with Crippen LogP contribution in [-0.2, 0) is 6.18 Å². The second-order valence-electron chi connectivity index (χ2n) is 6.34. The third-order valence-corrected chi connectivity index (χ3v) is 4.86. The number of rotatable bonds is 9. The molecule has 2 aromatic rings. The summed E-state index contributed by atoms with van der Waals surface area (Å²) in [5.74, 6) is 0. The lowest BCUT2D eigenvalue weighted by molar-refractivity contribution is -0.137. The molecule has 0 aliphatic rings. The van der Waals surface area contributed by atoms with Gasteiger partial charge in [-0.3, -0.25) is 0 Å². The first-order valence-electron chi connectivity index (χ1n) is 9.17. The first kappa shape index (κ1) is 22.6. The minimum Gasteiger partial charge on any atom is -0.390 e. The van der Waals surface area contributed by atoms with Crippen molar-refractivity contribution in [2.75, 3.05) is 5.32 Å². The molecule has 0 saturated heterocycles. The van der Waals surface area contributed by atoms with Crippen molar-refractivity contribution in [2.24, 2.45) is 10.7 Å². The first-order chi connectivity index (χ1) is 13.8. The van der Waals surface area contributed by atoms with Crippen molar-refractivity contribution < 1.29 is 13.2 Å². The van der Waals surface area contributed by atoms with E-state index in [0.29, 0.717) is 10.6 Å². The van der Waals surface area contributed by atoms with E-state index in [2.05, 4.69) is 23.8 Å². The Morgan fingerprint density at radius 2 is 1.97 bits per heavy atom. The smallest absolute Gasteiger partial charge is 0.390 e. The van der Waals surface area contributed by atoms with E-state index in [4.69, 9.17) is 5.73 Å². The number of thioether (sulfide) groups is 1. The van der Waals surface area contributed by atoms with Gasteiger partial charge >= 0.3 is 6.18 Å². The van der Waals surface area contributed by atoms with Crippen LogP contribution in [0.5, 0.6) is 0 Å². The average Bonchev–Trinajstić information content (AvgIpc) is 2.69. The van der Waals surface area contributed by atoms with E-state index in [-0.39, 0.29) is 0 Å². The van der Waals surface area contributed by atoms with Gasteiger partial charge in [0.05, 0.1) is 17.6 Å². The molecular weight excluding hydrogens is 395 g/mol. The monoisotopic (exact) mass is 419 g/mol. The van der Waals surface area contributed by atoms with Crippen LogP contribution in [0, 0.1) is 0 Å². The van der Waals surface area contributed by atoms with Gasteiger partial charge in [-0.25, -0.2) is 4.99 Å². The zero-order chi connectivity index (χ0) is 21.3. The fraction of sp³-hybridized carbons (Fsp3) is 0.227. The summed E-state index contributed by atoms with van der Waals surface area (Å²) in [6.45, 7) is 6.15. The van der Waals surface area contributed by atoms with Gasteiger partial charge in [0.25, 0.3) is 0 Å². The number of unbranched alkanes of at least 4 members (excludes halogenated alkanes) is 1. The average molecular weight is 420 g/mol. The molecule has 0 aromatic heterocycles. The zero-order valence-electron chi connectivity index (χ0n) is 16.2. The molecule has 0 unspecified atom stereocenters. The number of anilines is 1. The van der Waals surface area contributed by atoms with Crippen LogP contribution in [0.4, 0.5) is 18.9 Å². The van der Waals surface area contributed by atoms with Crippen LogP contribution < -0.4 is 11.1 Å². The van der Waals surface area contributed by atoms with Crippen molar-refractivity contribution in [1.29, 1.82) is 0 Å². The Kier molecular flexibility index (Phi) is 8.39. The number of halogens is 3. The number of nitrogens with zero attached hydrogens (tertiary/aromatic N) is 1. The van der Waals surface area contributed by atoms with E-state index in [9.17, 15) is 13.2 Å². The Morgan fingerprint density at radius 3 is 2.66 bits per heavy atom. The van der Waals surface area contributed by atoms with Crippen molar-refractivity contribution in [3.05, 3.63) is 77.3 Å². The molecule has 0 fully saturated rings. The predicted octanol–water partition coefficient (Wildman–Crippen LogP) is 6.90. The minimum absolute atomic E-state index is 0.465. The quantitative estimate of drug-likeness (QED) is 0.264. The molecule has 0 aliphatic heterocycles. The largest absolute Gasteiger partial charge is 0.416 e. The van der Waals surface area contributed by atoms with Crippen LogP contribution in [0.2, 0.25) is 0 Å². The number of allylic oxidation sites excluding steroid dienone is 1. The Labute approximate surface area is 173 Å². The summed E-state index contributed by atoms with van der Waals surface area (Å²) in [5.41, 5.74) is 7.92. The molecule has 0 atom stereocenters. The lowest BCUT2D eigenvalue weighted by Crippen LogP contribution is -2.04. The molecule has 0 radical (unpaired) electrons. The standard InChI is InChI=1S/C22H24F3N3S/c1-3-4-7-16(2)28-19-10-5-8-17(12-19)21(27-15-26)14-29-20-11-6-9-18(13-20)22(23,24)25/h5-6,8-15,28H,2-4,7H2,1H3,(H2,26,27)/b21-14-. The van der Waals surface area contributed by atoms with Crippen molar-refractivity contribution in [2.45, 2.75) is 37.3 Å². The predicted molar refractivity (Wildman–Crippen MR) is 117 cm³/mol. The number of hydrogen-bond acceptors (Lipinski definition) is 3. The molecule has 0 aliphatic carbocycles. The molecule has 0 saturated carbocycles. The highest BCUT2D eigenvalue weighted by Crippen LogP contribution is 2.33. The summed E-state index contributed by atoms with van der Waals surface area (Å²) < 4.78 is 38.7. The van der Waals surface area contributed by atoms with E-state index in [0.717, 1.165) is 60.1 Å². The van der Waals surface area contributed by atoms with Gasteiger partial charge in [-0.2, -0.15) is 13.2 Å². The zero-order valence-corrected chi connectivity index (χ0v) is 17.0. The lowest BCUT2D eigenvalue weighted by atomic mass is 10.1. The molecule has 0 bridgehead atoms. The van der Waals surface area contributed by atoms with Gasteiger partial charge in [0.15, 0.2) is 0 Å². The van der Waals surface area contributed by atoms with Crippen LogP contribution in [0.25, 0.3) is 5.70 Å². The Hall–Kier alpha value is -2.67. The van der Waals surface area contributed by atoms with Gasteiger partial charge in [-0.05, 0) is 43.2 Å². The van der Waals surface area contributed by atoms with Gasteiger partial charge in [0, 0.05) is 27.3 Å². The number of alkyl halides is 3. The molecule has 3 nitrogen and oxygen atoms in total. The lowest BCUT2D eigenvalue weighted by Gasteiger charge is -2.11. The molecule has 2 aromatic carbocycles. The molecule has 0 amide bonds. The van der Waals surface area contributed by atoms with Crippen molar-refractivity contribution in [1.82, 2.24) is 0 Å². The van der Waals surface area contributed by atoms with Gasteiger partial charge in [-0.1, -0.05) is 49.9 Å². The van der Waals surface area contributed by atoms with Crippen molar-refractivity contribution in [3.8, 4) is 0 Å². The molecule has 7 heteroatoms. The van der Waals surface area contributed by atoms with Crippen molar-refractivity contribution in [3.63, 3.8) is 0 Å². The summed E-state index contributed by atoms with van der Waals surface area (Å²) in [6, 6.07) is 12.7. The van der Waals surface area contributed by atoms with Crippen molar-refractivity contribution >= 4 is 29.5 Å². The highest BCUT2D eigenvalue weighted by Gasteiger charge is 2.30. The molecule has 0 spiro atoms. The molecule has 29 heavy (non-hydrogen) atoms. The second kappa shape index (κ2) is 10.8. The number of benzene rings is 2. The highest BCUT2D eigenvalue weighted by molar-refractivity contribution is 8.02. The van der Waals surface area contributed by atoms with Crippen LogP contribution in [0.1, 0.15) is 37.3 Å². The molecule has 2 rings (SSSR count). The van der Waals surface area contributed by atoms with Gasteiger partial charge in [0.1, 0.15) is 0 Å². The Morgan fingerprint density at radius 1 is 1.21 bits per heavy atom. The Bertz CT molecular complexity index is 889. The van der Waals surface area contributed by atoms with E-state index >= 15 is 0 Å². The van der Waals surface area contributed by atoms with Gasteiger partial charge < -0.3 is 11.1 Å². The summed E-state index contributed by atoms with van der Waals surface area (Å²) in [6.07, 6.45) is -0.180. The molecule has 154 valence electrons. The maximum absolute atomic E-state index is 12.9. The molecule has 0 heterocycles. The van der Waals surface area contributed by atoms with Crippen LogP contribution >= 0.6 is 11.8 Å². The third kappa shape index (κ3) is 7.34. The maximum atomic E-state index is 12.9. The van der Waals surface area contributed by atoms with E-state index in [1.54, 1.807) is 11.5 Å². The first-order valence-corrected chi connectivity index (χ1v) is 10.0. The highest BCUT2D eigenvalue weighted by atomic mass is 32.2.